The van der Waals surface area contributed by atoms with Crippen LogP contribution < -0.4 is 9.64 Å². The molecule has 10 nitrogen and oxygen atoms in total. The third kappa shape index (κ3) is 5.91. The summed E-state index contributed by atoms with van der Waals surface area (Å²) < 4.78 is 12.0. The van der Waals surface area contributed by atoms with Crippen molar-refractivity contribution >= 4 is 62.6 Å². The molecule has 270 valence electrons. The second kappa shape index (κ2) is 13.6. The van der Waals surface area contributed by atoms with Gasteiger partial charge in [-0.05, 0) is 108 Å². The molecular weight excluding hydrogens is 699 g/mol. The summed E-state index contributed by atoms with van der Waals surface area (Å²) in [5.41, 5.74) is 9.23. The highest BCUT2D eigenvalue weighted by molar-refractivity contribution is 6.35. The molecule has 52 heavy (non-hydrogen) atoms. The second-order valence-electron chi connectivity index (χ2n) is 14.0. The van der Waals surface area contributed by atoms with Gasteiger partial charge in [0.1, 0.15) is 11.4 Å². The van der Waals surface area contributed by atoms with Gasteiger partial charge in [0.05, 0.1) is 40.1 Å². The van der Waals surface area contributed by atoms with Crippen LogP contribution in [0.5, 0.6) is 5.75 Å². The first-order valence-electron chi connectivity index (χ1n) is 17.6. The molecular formula is C40H42Cl2N6O4. The molecule has 6 aromatic rings. The zero-order valence-corrected chi connectivity index (χ0v) is 32.0. The van der Waals surface area contributed by atoms with Crippen molar-refractivity contribution in [1.29, 1.82) is 0 Å². The predicted molar refractivity (Wildman–Crippen MR) is 207 cm³/mol. The normalized spacial score (nSPS) is 13.4. The number of halogens is 2. The summed E-state index contributed by atoms with van der Waals surface area (Å²) in [5, 5.41) is 22.2. The fourth-order valence-corrected chi connectivity index (χ4v) is 8.11. The van der Waals surface area contributed by atoms with Crippen molar-refractivity contribution in [3.05, 3.63) is 92.0 Å². The van der Waals surface area contributed by atoms with Crippen LogP contribution in [0.15, 0.2) is 42.6 Å². The Labute approximate surface area is 312 Å². The topological polar surface area (TPSA) is 107 Å². The second-order valence-corrected chi connectivity index (χ2v) is 14.8. The van der Waals surface area contributed by atoms with Gasteiger partial charge in [-0.1, -0.05) is 29.3 Å². The Hall–Kier alpha value is -4.80. The number of carbonyl (C=O) groups excluding carboxylic acids is 1. The average Bonchev–Trinajstić information content (AvgIpc) is 3.70. The Kier molecular flexibility index (Phi) is 9.33. The molecule has 0 radical (unpaired) electrons. The number of hydrogen-bond donors (Lipinski definition) is 1. The maximum atomic E-state index is 15.1. The molecule has 7 rings (SSSR count). The van der Waals surface area contributed by atoms with Gasteiger partial charge in [0.2, 0.25) is 0 Å². The van der Waals surface area contributed by atoms with E-state index in [0.29, 0.717) is 66.3 Å². The molecule has 4 heterocycles. The van der Waals surface area contributed by atoms with Gasteiger partial charge in [-0.25, -0.2) is 4.79 Å². The largest absolute Gasteiger partial charge is 0.494 e. The van der Waals surface area contributed by atoms with E-state index >= 15 is 4.79 Å². The molecule has 3 aromatic carbocycles. The molecule has 0 saturated heterocycles. The van der Waals surface area contributed by atoms with Crippen LogP contribution in [0.3, 0.4) is 0 Å². The number of anilines is 1. The van der Waals surface area contributed by atoms with Crippen molar-refractivity contribution in [3.63, 3.8) is 0 Å². The fraction of sp³-hybridized carbons (Fsp3) is 0.350. The van der Waals surface area contributed by atoms with Crippen LogP contribution in [-0.2, 0) is 20.0 Å². The van der Waals surface area contributed by atoms with Crippen molar-refractivity contribution in [3.8, 4) is 16.9 Å². The lowest BCUT2D eigenvalue weighted by Crippen LogP contribution is -2.32. The minimum absolute atomic E-state index is 0.00570. The van der Waals surface area contributed by atoms with Gasteiger partial charge < -0.3 is 19.3 Å². The predicted octanol–water partition coefficient (Wildman–Crippen LogP) is 9.27. The van der Waals surface area contributed by atoms with Crippen LogP contribution in [0.25, 0.3) is 32.9 Å². The minimum atomic E-state index is -1.07. The average molecular weight is 742 g/mol. The summed E-state index contributed by atoms with van der Waals surface area (Å²) in [5.74, 6) is -0.509. The van der Waals surface area contributed by atoms with Crippen LogP contribution in [0, 0.1) is 27.7 Å². The van der Waals surface area contributed by atoms with Crippen LogP contribution in [0.1, 0.15) is 81.7 Å². The van der Waals surface area contributed by atoms with Crippen LogP contribution in [0.2, 0.25) is 10.0 Å². The maximum absolute atomic E-state index is 15.1. The smallest absolute Gasteiger partial charge is 0.336 e. The summed E-state index contributed by atoms with van der Waals surface area (Å²) in [6.07, 6.45) is 3.44. The molecule has 0 unspecified atom stereocenters. The Morgan fingerprint density at radius 2 is 1.73 bits per heavy atom. The lowest BCUT2D eigenvalue weighted by molar-refractivity contribution is 0.0698. The number of carboxylic acid groups (broad SMARTS) is 1. The summed E-state index contributed by atoms with van der Waals surface area (Å²) in [6.45, 7) is 13.3. The van der Waals surface area contributed by atoms with Gasteiger partial charge in [0.15, 0.2) is 0 Å². The van der Waals surface area contributed by atoms with Gasteiger partial charge in [-0.3, -0.25) is 14.2 Å². The highest BCUT2D eigenvalue weighted by atomic mass is 35.5. The molecule has 1 N–H and O–H groups in total. The summed E-state index contributed by atoms with van der Waals surface area (Å²) in [6, 6.07) is 11.3. The van der Waals surface area contributed by atoms with Gasteiger partial charge in [-0.15, -0.1) is 0 Å². The molecule has 0 atom stereocenters. The first kappa shape index (κ1) is 35.6. The summed E-state index contributed by atoms with van der Waals surface area (Å²) in [7, 11) is 1.92. The van der Waals surface area contributed by atoms with E-state index in [-0.39, 0.29) is 17.5 Å². The highest BCUT2D eigenvalue weighted by Gasteiger charge is 2.33. The number of aryl methyl sites for hydroxylation is 6. The van der Waals surface area contributed by atoms with E-state index in [9.17, 15) is 9.90 Å². The number of carboxylic acids is 1. The number of carbonyl (C=O) groups is 2. The van der Waals surface area contributed by atoms with Crippen LogP contribution in [0.4, 0.5) is 5.69 Å². The zero-order valence-electron chi connectivity index (χ0n) is 30.5. The quantitative estimate of drug-likeness (QED) is 0.148. The fourth-order valence-electron chi connectivity index (χ4n) is 7.75. The third-order valence-electron chi connectivity index (χ3n) is 10.2. The van der Waals surface area contributed by atoms with E-state index in [1.165, 1.54) is 0 Å². The van der Waals surface area contributed by atoms with E-state index in [2.05, 4.69) is 9.67 Å². The van der Waals surface area contributed by atoms with Gasteiger partial charge in [0, 0.05) is 64.5 Å². The number of nitrogens with zero attached hydrogens (tertiary/aromatic N) is 6. The first-order chi connectivity index (χ1) is 24.8. The molecule has 0 spiro atoms. The van der Waals surface area contributed by atoms with Gasteiger partial charge in [0.25, 0.3) is 5.91 Å². The van der Waals surface area contributed by atoms with Crippen molar-refractivity contribution in [2.24, 2.45) is 7.05 Å². The number of benzene rings is 3. The number of fused-ring (bicyclic) bond motifs is 4. The third-order valence-corrected chi connectivity index (χ3v) is 11.1. The monoisotopic (exact) mass is 740 g/mol. The number of amides is 1. The lowest BCUT2D eigenvalue weighted by atomic mass is 9.98. The standard InChI is InChI=1S/C40H42Cl2N6O4/c1-21(2)48-33-19-26(18-30(40(50)51)31(33)20-43-48)46-13-9-14-47-37-29(11-12-32(41)35(37)34-24(5)44-45(7)25(34)6)28(38(47)39(46)49)10-8-15-52-27-16-22(3)36(42)23(4)17-27/h11-12,16-21H,8-10,13-15H2,1-7H3,(H,50,51). The molecule has 1 aliphatic rings. The van der Waals surface area contributed by atoms with E-state index in [4.69, 9.17) is 33.0 Å². The number of aromatic carboxylic acids is 1. The number of ether oxygens (including phenoxy) is 1. The lowest BCUT2D eigenvalue weighted by Gasteiger charge is -2.22. The molecule has 0 aliphatic carbocycles. The van der Waals surface area contributed by atoms with Crippen molar-refractivity contribution in [2.45, 2.75) is 73.4 Å². The van der Waals surface area contributed by atoms with Crippen LogP contribution in [-0.4, -0.2) is 54.3 Å². The first-order valence-corrected chi connectivity index (χ1v) is 18.3. The van der Waals surface area contributed by atoms with Gasteiger partial charge >= 0.3 is 5.97 Å². The van der Waals surface area contributed by atoms with Crippen molar-refractivity contribution in [2.75, 3.05) is 18.1 Å². The molecule has 1 amide bonds. The maximum Gasteiger partial charge on any atom is 0.336 e. The van der Waals surface area contributed by atoms with Crippen molar-refractivity contribution < 1.29 is 19.4 Å². The Morgan fingerprint density at radius 1 is 1.00 bits per heavy atom. The van der Waals surface area contributed by atoms with E-state index < -0.39 is 5.97 Å². The summed E-state index contributed by atoms with van der Waals surface area (Å²) in [4.78, 5) is 29.3. The van der Waals surface area contributed by atoms with E-state index in [1.807, 2.05) is 83.6 Å². The molecule has 3 aromatic heterocycles. The Balaban J connectivity index is 1.38. The van der Waals surface area contributed by atoms with Crippen molar-refractivity contribution in [1.82, 2.24) is 24.1 Å². The molecule has 1 aliphatic heterocycles. The number of hydrogen-bond acceptors (Lipinski definition) is 5. The minimum Gasteiger partial charge on any atom is -0.494 e. The molecule has 0 fully saturated rings. The van der Waals surface area contributed by atoms with E-state index in [1.54, 1.807) is 21.8 Å². The van der Waals surface area contributed by atoms with Gasteiger partial charge in [-0.2, -0.15) is 10.2 Å². The Bertz CT molecular complexity index is 2400. The molecule has 0 bridgehead atoms. The number of aromatic nitrogens is 5. The van der Waals surface area contributed by atoms with E-state index in [0.717, 1.165) is 60.9 Å². The Morgan fingerprint density at radius 3 is 2.38 bits per heavy atom. The SMILES string of the molecule is Cc1cc(OCCCc2c3n(c4c(-c5c(C)nn(C)c5C)c(Cl)ccc24)CCCN(c2cc(C(=O)O)c4cnn(C(C)C)c4c2)C3=O)cc(C)c1Cl. The van der Waals surface area contributed by atoms with Crippen LogP contribution >= 0.6 is 23.2 Å². The number of rotatable bonds is 9. The highest BCUT2D eigenvalue weighted by Crippen LogP contribution is 2.43. The molecule has 0 saturated carbocycles. The summed E-state index contributed by atoms with van der Waals surface area (Å²) >= 11 is 13.5. The zero-order chi connectivity index (χ0) is 37.2. The molecule has 12 heteroatoms.